The van der Waals surface area contributed by atoms with Crippen molar-refractivity contribution in [3.05, 3.63) is 12.4 Å². The molecule has 0 fully saturated rings. The van der Waals surface area contributed by atoms with E-state index in [2.05, 4.69) is 5.10 Å². The van der Waals surface area contributed by atoms with Crippen molar-refractivity contribution in [2.75, 3.05) is 0 Å². The number of hydrogen-bond acceptors (Lipinski definition) is 4. The van der Waals surface area contributed by atoms with Crippen LogP contribution in [0.5, 0.6) is 0 Å². The molecule has 0 saturated carbocycles. The quantitative estimate of drug-likeness (QED) is 0.669. The predicted octanol–water partition coefficient (Wildman–Crippen LogP) is -0.624. The molecule has 0 unspecified atom stereocenters. The van der Waals surface area contributed by atoms with Gasteiger partial charge >= 0.3 is 6.09 Å². The van der Waals surface area contributed by atoms with Crippen LogP contribution in [0.1, 0.15) is 0 Å². The van der Waals surface area contributed by atoms with E-state index in [0.29, 0.717) is 0 Å². The van der Waals surface area contributed by atoms with E-state index in [4.69, 9.17) is 5.11 Å². The zero-order valence-corrected chi connectivity index (χ0v) is 7.45. The van der Waals surface area contributed by atoms with Crippen molar-refractivity contribution in [1.82, 2.24) is 14.5 Å². The number of carbonyl (C=O) groups is 1. The van der Waals surface area contributed by atoms with E-state index in [0.717, 1.165) is 6.20 Å². The number of hydrogen-bond donors (Lipinski definition) is 2. The van der Waals surface area contributed by atoms with Gasteiger partial charge in [0.1, 0.15) is 4.90 Å². The maximum atomic E-state index is 11.1. The highest BCUT2D eigenvalue weighted by Crippen LogP contribution is 2.04. The van der Waals surface area contributed by atoms with Crippen LogP contribution in [-0.4, -0.2) is 29.4 Å². The van der Waals surface area contributed by atoms with Crippen LogP contribution in [0, 0.1) is 0 Å². The second kappa shape index (κ2) is 3.05. The number of carboxylic acid groups (broad SMARTS) is 1. The molecule has 72 valence electrons. The standard InChI is InChI=1S/C5H7N3O4S/c1-8-3-4(2-6-8)13(11,12)7-5(9)10/h2-3,7H,1H3,(H,9,10). The summed E-state index contributed by atoms with van der Waals surface area (Å²) in [7, 11) is -2.44. The van der Waals surface area contributed by atoms with Crippen LogP contribution in [0.15, 0.2) is 17.3 Å². The maximum absolute atomic E-state index is 11.1. The average molecular weight is 205 g/mol. The van der Waals surface area contributed by atoms with Gasteiger partial charge in [0.15, 0.2) is 0 Å². The number of aryl methyl sites for hydroxylation is 1. The Morgan fingerprint density at radius 3 is 2.69 bits per heavy atom. The first-order chi connectivity index (χ1) is 5.92. The fraction of sp³-hybridized carbons (Fsp3) is 0.200. The van der Waals surface area contributed by atoms with Gasteiger partial charge in [-0.3, -0.25) is 4.68 Å². The SMILES string of the molecule is Cn1cc(S(=O)(=O)NC(=O)O)cn1. The maximum Gasteiger partial charge on any atom is 0.418 e. The number of sulfonamides is 1. The van der Waals surface area contributed by atoms with Gasteiger partial charge < -0.3 is 5.11 Å². The molecule has 0 aromatic carbocycles. The van der Waals surface area contributed by atoms with E-state index in [1.165, 1.54) is 22.6 Å². The Labute approximate surface area is 74.0 Å². The number of aromatic nitrogens is 2. The molecule has 0 aliphatic heterocycles. The molecule has 0 spiro atoms. The van der Waals surface area contributed by atoms with E-state index >= 15 is 0 Å². The van der Waals surface area contributed by atoms with Gasteiger partial charge in [0.25, 0.3) is 10.0 Å². The zero-order chi connectivity index (χ0) is 10.1. The van der Waals surface area contributed by atoms with Crippen molar-refractivity contribution in [3.8, 4) is 0 Å². The smallest absolute Gasteiger partial charge is 0.418 e. The summed E-state index contributed by atoms with van der Waals surface area (Å²) in [5.41, 5.74) is 0. The van der Waals surface area contributed by atoms with Crippen LogP contribution >= 0.6 is 0 Å². The zero-order valence-electron chi connectivity index (χ0n) is 6.63. The fourth-order valence-electron chi connectivity index (χ4n) is 0.711. The van der Waals surface area contributed by atoms with Gasteiger partial charge in [-0.15, -0.1) is 0 Å². The van der Waals surface area contributed by atoms with Crippen molar-refractivity contribution in [1.29, 1.82) is 0 Å². The molecule has 0 radical (unpaired) electrons. The summed E-state index contributed by atoms with van der Waals surface area (Å²) in [6.07, 6.45) is 0.639. The number of amides is 1. The lowest BCUT2D eigenvalue weighted by molar-refractivity contribution is 0.201. The third-order valence-electron chi connectivity index (χ3n) is 1.21. The predicted molar refractivity (Wildman–Crippen MR) is 41.6 cm³/mol. The van der Waals surface area contributed by atoms with Gasteiger partial charge in [0.05, 0.1) is 6.20 Å². The molecule has 13 heavy (non-hydrogen) atoms. The van der Waals surface area contributed by atoms with Gasteiger partial charge in [-0.1, -0.05) is 0 Å². The summed E-state index contributed by atoms with van der Waals surface area (Å²) in [6, 6.07) is 0. The number of nitrogens with one attached hydrogen (secondary N) is 1. The minimum absolute atomic E-state index is 0.183. The molecule has 0 bridgehead atoms. The second-order valence-corrected chi connectivity index (χ2v) is 3.94. The molecule has 0 aliphatic rings. The first-order valence-electron chi connectivity index (χ1n) is 3.16. The first-order valence-corrected chi connectivity index (χ1v) is 4.64. The normalized spacial score (nSPS) is 11.2. The largest absolute Gasteiger partial charge is 0.464 e. The van der Waals surface area contributed by atoms with Gasteiger partial charge in [-0.25, -0.2) is 17.9 Å². The molecule has 0 aliphatic carbocycles. The number of rotatable bonds is 2. The number of nitrogens with zero attached hydrogens (tertiary/aromatic N) is 2. The van der Waals surface area contributed by atoms with Crippen molar-refractivity contribution in [3.63, 3.8) is 0 Å². The Morgan fingerprint density at radius 1 is 1.69 bits per heavy atom. The highest BCUT2D eigenvalue weighted by Gasteiger charge is 2.18. The Bertz CT molecular complexity index is 421. The lowest BCUT2D eigenvalue weighted by Gasteiger charge is -1.98. The van der Waals surface area contributed by atoms with Crippen LogP contribution in [0.25, 0.3) is 0 Å². The molecule has 1 amide bonds. The van der Waals surface area contributed by atoms with Crippen molar-refractivity contribution < 1.29 is 18.3 Å². The second-order valence-electron chi connectivity index (χ2n) is 2.26. The topological polar surface area (TPSA) is 101 Å². The van der Waals surface area contributed by atoms with Crippen LogP contribution in [0.4, 0.5) is 4.79 Å². The van der Waals surface area contributed by atoms with E-state index in [1.54, 1.807) is 0 Å². The minimum atomic E-state index is -3.97. The Morgan fingerprint density at radius 2 is 2.31 bits per heavy atom. The van der Waals surface area contributed by atoms with Crippen molar-refractivity contribution >= 4 is 16.1 Å². The van der Waals surface area contributed by atoms with Crippen LogP contribution in [0.2, 0.25) is 0 Å². The highest BCUT2D eigenvalue weighted by molar-refractivity contribution is 7.90. The van der Waals surface area contributed by atoms with E-state index < -0.39 is 16.1 Å². The van der Waals surface area contributed by atoms with Crippen LogP contribution in [-0.2, 0) is 17.1 Å². The Balaban J connectivity index is 3.01. The summed E-state index contributed by atoms with van der Waals surface area (Å²) in [5.74, 6) is 0. The fourth-order valence-corrected chi connectivity index (χ4v) is 1.54. The summed E-state index contributed by atoms with van der Waals surface area (Å²) in [5, 5.41) is 11.8. The lowest BCUT2D eigenvalue weighted by Crippen LogP contribution is -2.28. The Hall–Kier alpha value is -1.57. The van der Waals surface area contributed by atoms with E-state index in [9.17, 15) is 13.2 Å². The van der Waals surface area contributed by atoms with Gasteiger partial charge in [0.2, 0.25) is 0 Å². The van der Waals surface area contributed by atoms with Gasteiger partial charge in [-0.05, 0) is 0 Å². The lowest BCUT2D eigenvalue weighted by atomic mass is 10.7. The summed E-state index contributed by atoms with van der Waals surface area (Å²) in [6.45, 7) is 0. The molecule has 2 N–H and O–H groups in total. The van der Waals surface area contributed by atoms with Crippen molar-refractivity contribution in [2.45, 2.75) is 4.90 Å². The molecular weight excluding hydrogens is 198 g/mol. The minimum Gasteiger partial charge on any atom is -0.464 e. The first kappa shape index (κ1) is 9.52. The molecule has 0 saturated heterocycles. The Kier molecular flexibility index (Phi) is 2.24. The third-order valence-corrected chi connectivity index (χ3v) is 2.49. The van der Waals surface area contributed by atoms with Crippen molar-refractivity contribution in [2.24, 2.45) is 7.05 Å². The van der Waals surface area contributed by atoms with E-state index in [1.807, 2.05) is 0 Å². The molecule has 8 heteroatoms. The molecule has 7 nitrogen and oxygen atoms in total. The molecule has 0 atom stereocenters. The third kappa shape index (κ3) is 2.18. The molecule has 1 heterocycles. The highest BCUT2D eigenvalue weighted by atomic mass is 32.2. The average Bonchev–Trinajstić information content (AvgIpc) is 2.32. The molecule has 1 rings (SSSR count). The van der Waals surface area contributed by atoms with Crippen LogP contribution in [0.3, 0.4) is 0 Å². The summed E-state index contributed by atoms with van der Waals surface area (Å²) in [4.78, 5) is 9.89. The molecule has 1 aromatic rings. The van der Waals surface area contributed by atoms with Crippen LogP contribution < -0.4 is 4.72 Å². The van der Waals surface area contributed by atoms with Gasteiger partial charge in [0, 0.05) is 13.2 Å². The van der Waals surface area contributed by atoms with Gasteiger partial charge in [-0.2, -0.15) is 5.10 Å². The monoisotopic (exact) mass is 205 g/mol. The molecular formula is C5H7N3O4S. The van der Waals surface area contributed by atoms with E-state index in [-0.39, 0.29) is 4.90 Å². The summed E-state index contributed by atoms with van der Waals surface area (Å²) >= 11 is 0. The molecule has 1 aromatic heterocycles. The summed E-state index contributed by atoms with van der Waals surface area (Å²) < 4.78 is 24.9.